The highest BCUT2D eigenvalue weighted by molar-refractivity contribution is 8.00. The molecule has 0 radical (unpaired) electrons. The summed E-state index contributed by atoms with van der Waals surface area (Å²) in [6.07, 6.45) is 1.88. The lowest BCUT2D eigenvalue weighted by molar-refractivity contribution is -0.136. The van der Waals surface area contributed by atoms with Crippen LogP contribution in [-0.2, 0) is 9.59 Å². The number of fused-ring (bicyclic) bond motifs is 1. The number of rotatable bonds is 2. The van der Waals surface area contributed by atoms with Gasteiger partial charge in [-0.3, -0.25) is 14.5 Å². The summed E-state index contributed by atoms with van der Waals surface area (Å²) in [5.74, 6) is -0.584. The lowest BCUT2D eigenvalue weighted by Gasteiger charge is -2.15. The van der Waals surface area contributed by atoms with E-state index in [0.29, 0.717) is 0 Å². The molecule has 4 heteroatoms. The van der Waals surface area contributed by atoms with Gasteiger partial charge in [-0.25, -0.2) is 0 Å². The topological polar surface area (TPSA) is 37.4 Å². The first kappa shape index (κ1) is 13.2. The molecule has 0 aromatic heterocycles. The summed E-state index contributed by atoms with van der Waals surface area (Å²) < 4.78 is 0. The molecule has 2 aromatic carbocycles. The van der Waals surface area contributed by atoms with Crippen molar-refractivity contribution >= 4 is 34.3 Å². The fraction of sp³-hybridized carbons (Fsp3) is 0.250. The molecule has 1 fully saturated rings. The fourth-order valence-electron chi connectivity index (χ4n) is 2.83. The number of carbonyl (C=O) groups is 2. The standard InChI is InChI=1S/C16H15NO2S/c1-17-15(18)13(14(20-2)16(17)19)12-9-5-7-10-6-3-4-8-11(10)12/h3-9,13-14H,1-2H3/t13-,14+/m1/s1. The third kappa shape index (κ3) is 1.83. The van der Waals surface area contributed by atoms with E-state index >= 15 is 0 Å². The average Bonchev–Trinajstić information content (AvgIpc) is 2.70. The Morgan fingerprint density at radius 3 is 2.45 bits per heavy atom. The molecule has 1 aliphatic heterocycles. The molecule has 0 bridgehead atoms. The Hall–Kier alpha value is -1.81. The molecule has 0 N–H and O–H groups in total. The van der Waals surface area contributed by atoms with Crippen molar-refractivity contribution in [3.8, 4) is 0 Å². The quantitative estimate of drug-likeness (QED) is 0.796. The summed E-state index contributed by atoms with van der Waals surface area (Å²) in [6.45, 7) is 0. The molecular weight excluding hydrogens is 270 g/mol. The third-order valence-electron chi connectivity index (χ3n) is 3.89. The van der Waals surface area contributed by atoms with Gasteiger partial charge < -0.3 is 0 Å². The lowest BCUT2D eigenvalue weighted by atomic mass is 9.92. The van der Waals surface area contributed by atoms with Crippen LogP contribution < -0.4 is 0 Å². The molecule has 1 aliphatic rings. The number of amides is 2. The largest absolute Gasteiger partial charge is 0.284 e. The summed E-state index contributed by atoms with van der Waals surface area (Å²) in [4.78, 5) is 25.8. The number of carbonyl (C=O) groups excluding carboxylic acids is 2. The molecule has 1 heterocycles. The molecular formula is C16H15NO2S. The second-order valence-electron chi connectivity index (χ2n) is 4.94. The highest BCUT2D eigenvalue weighted by Crippen LogP contribution is 2.38. The minimum Gasteiger partial charge on any atom is -0.284 e. The van der Waals surface area contributed by atoms with E-state index in [9.17, 15) is 9.59 Å². The van der Waals surface area contributed by atoms with Crippen molar-refractivity contribution in [1.29, 1.82) is 0 Å². The van der Waals surface area contributed by atoms with E-state index in [1.807, 2.05) is 48.7 Å². The first-order valence-electron chi connectivity index (χ1n) is 6.47. The van der Waals surface area contributed by atoms with Crippen LogP contribution in [0.3, 0.4) is 0 Å². The maximum absolute atomic E-state index is 12.4. The Kier molecular flexibility index (Phi) is 3.26. The van der Waals surface area contributed by atoms with Gasteiger partial charge >= 0.3 is 0 Å². The van der Waals surface area contributed by atoms with Crippen LogP contribution >= 0.6 is 11.8 Å². The van der Waals surface area contributed by atoms with Crippen molar-refractivity contribution in [3.05, 3.63) is 48.0 Å². The molecule has 3 nitrogen and oxygen atoms in total. The second kappa shape index (κ2) is 4.94. The first-order chi connectivity index (χ1) is 9.65. The molecule has 2 atom stereocenters. The van der Waals surface area contributed by atoms with Crippen LogP contribution in [0, 0.1) is 0 Å². The van der Waals surface area contributed by atoms with Crippen LogP contribution in [0.25, 0.3) is 10.8 Å². The monoisotopic (exact) mass is 285 g/mol. The van der Waals surface area contributed by atoms with Gasteiger partial charge in [0.05, 0.1) is 11.2 Å². The molecule has 2 amide bonds. The van der Waals surface area contributed by atoms with E-state index in [1.54, 1.807) is 7.05 Å². The zero-order valence-electron chi connectivity index (χ0n) is 11.4. The summed E-state index contributed by atoms with van der Waals surface area (Å²) >= 11 is 1.45. The summed E-state index contributed by atoms with van der Waals surface area (Å²) in [5, 5.41) is 1.83. The van der Waals surface area contributed by atoms with E-state index < -0.39 is 0 Å². The average molecular weight is 285 g/mol. The van der Waals surface area contributed by atoms with Crippen molar-refractivity contribution < 1.29 is 9.59 Å². The van der Waals surface area contributed by atoms with E-state index in [4.69, 9.17) is 0 Å². The second-order valence-corrected chi connectivity index (χ2v) is 5.92. The Balaban J connectivity index is 2.19. The van der Waals surface area contributed by atoms with Gasteiger partial charge in [-0.1, -0.05) is 42.5 Å². The molecule has 102 valence electrons. The number of imide groups is 1. The number of likely N-dealkylation sites (N-methyl/N-ethyl adjacent to an activating group) is 1. The van der Waals surface area contributed by atoms with E-state index in [1.165, 1.54) is 16.7 Å². The zero-order chi connectivity index (χ0) is 14.3. The van der Waals surface area contributed by atoms with E-state index in [-0.39, 0.29) is 23.0 Å². The van der Waals surface area contributed by atoms with Crippen LogP contribution in [0.15, 0.2) is 42.5 Å². The van der Waals surface area contributed by atoms with Crippen LogP contribution in [0.2, 0.25) is 0 Å². The minimum absolute atomic E-state index is 0.0968. The summed E-state index contributed by atoms with van der Waals surface area (Å²) in [5.41, 5.74) is 0.949. The zero-order valence-corrected chi connectivity index (χ0v) is 12.2. The molecule has 20 heavy (non-hydrogen) atoms. The fourth-order valence-corrected chi connectivity index (χ4v) is 3.73. The van der Waals surface area contributed by atoms with Crippen molar-refractivity contribution in [3.63, 3.8) is 0 Å². The van der Waals surface area contributed by atoms with Crippen LogP contribution in [-0.4, -0.2) is 35.3 Å². The minimum atomic E-state index is -0.381. The molecule has 0 unspecified atom stereocenters. The van der Waals surface area contributed by atoms with Crippen molar-refractivity contribution in [2.75, 3.05) is 13.3 Å². The van der Waals surface area contributed by atoms with Gasteiger partial charge in [0.15, 0.2) is 0 Å². The van der Waals surface area contributed by atoms with E-state index in [2.05, 4.69) is 0 Å². The highest BCUT2D eigenvalue weighted by Gasteiger charge is 2.46. The maximum atomic E-state index is 12.4. The number of hydrogen-bond donors (Lipinski definition) is 0. The van der Waals surface area contributed by atoms with Crippen molar-refractivity contribution in [1.82, 2.24) is 4.90 Å². The molecule has 3 rings (SSSR count). The van der Waals surface area contributed by atoms with Crippen LogP contribution in [0.1, 0.15) is 11.5 Å². The highest BCUT2D eigenvalue weighted by atomic mass is 32.2. The number of nitrogens with zero attached hydrogens (tertiary/aromatic N) is 1. The van der Waals surface area contributed by atoms with Gasteiger partial charge in [0.25, 0.3) is 0 Å². The van der Waals surface area contributed by atoms with Crippen LogP contribution in [0.4, 0.5) is 0 Å². The van der Waals surface area contributed by atoms with Gasteiger partial charge in [-0.15, -0.1) is 0 Å². The SMILES string of the molecule is CS[C@@H]1C(=O)N(C)C(=O)[C@@H]1c1cccc2ccccc12. The lowest BCUT2D eigenvalue weighted by Crippen LogP contribution is -2.26. The number of thioether (sulfide) groups is 1. The molecule has 0 aliphatic carbocycles. The first-order valence-corrected chi connectivity index (χ1v) is 7.76. The molecule has 0 spiro atoms. The van der Waals surface area contributed by atoms with Crippen molar-refractivity contribution in [2.45, 2.75) is 11.2 Å². The van der Waals surface area contributed by atoms with Crippen molar-refractivity contribution in [2.24, 2.45) is 0 Å². The summed E-state index contributed by atoms with van der Waals surface area (Å²) in [7, 11) is 1.57. The molecule has 0 saturated carbocycles. The Morgan fingerprint density at radius 2 is 1.70 bits per heavy atom. The van der Waals surface area contributed by atoms with Crippen LogP contribution in [0.5, 0.6) is 0 Å². The van der Waals surface area contributed by atoms with Gasteiger partial charge in [-0.05, 0) is 22.6 Å². The maximum Gasteiger partial charge on any atom is 0.243 e. The Labute approximate surface area is 122 Å². The van der Waals surface area contributed by atoms with Gasteiger partial charge in [-0.2, -0.15) is 11.8 Å². The predicted octanol–water partition coefficient (Wildman–Crippen LogP) is 2.65. The Bertz CT molecular complexity index is 692. The summed E-state index contributed by atoms with van der Waals surface area (Å²) in [6, 6.07) is 13.9. The number of hydrogen-bond acceptors (Lipinski definition) is 3. The molecule has 2 aromatic rings. The van der Waals surface area contributed by atoms with Gasteiger partial charge in [0.2, 0.25) is 11.8 Å². The smallest absolute Gasteiger partial charge is 0.243 e. The number of benzene rings is 2. The Morgan fingerprint density at radius 1 is 1.00 bits per heavy atom. The predicted molar refractivity (Wildman–Crippen MR) is 81.8 cm³/mol. The molecule has 1 saturated heterocycles. The normalized spacial score (nSPS) is 22.8. The number of likely N-dealkylation sites (tertiary alicyclic amines) is 1. The van der Waals surface area contributed by atoms with E-state index in [0.717, 1.165) is 16.3 Å². The van der Waals surface area contributed by atoms with Gasteiger partial charge in [0, 0.05) is 7.05 Å². The third-order valence-corrected chi connectivity index (χ3v) is 4.87. The van der Waals surface area contributed by atoms with Gasteiger partial charge in [0.1, 0.15) is 0 Å².